The Balaban J connectivity index is 2.55. The maximum Gasteiger partial charge on any atom is 0.141 e. The van der Waals surface area contributed by atoms with Crippen LogP contribution in [0.3, 0.4) is 0 Å². The van der Waals surface area contributed by atoms with Crippen molar-refractivity contribution in [3.05, 3.63) is 39.6 Å². The van der Waals surface area contributed by atoms with Gasteiger partial charge < -0.3 is 0 Å². The number of hydrogen-bond donors (Lipinski definition) is 0. The molecule has 0 aromatic heterocycles. The standard InChI is InChI=1S/C11H8BrFO/c1-6(14)8-3-2-7-4-10(12)11(13)5-9(7)8/h2-5,8H,1H3. The van der Waals surface area contributed by atoms with Crippen molar-refractivity contribution >= 4 is 27.8 Å². The van der Waals surface area contributed by atoms with E-state index in [2.05, 4.69) is 15.9 Å². The van der Waals surface area contributed by atoms with E-state index in [0.29, 0.717) is 4.47 Å². The van der Waals surface area contributed by atoms with Crippen LogP contribution in [0, 0.1) is 5.82 Å². The molecule has 1 aromatic rings. The van der Waals surface area contributed by atoms with Crippen molar-refractivity contribution in [3.63, 3.8) is 0 Å². The van der Waals surface area contributed by atoms with E-state index >= 15 is 0 Å². The van der Waals surface area contributed by atoms with Crippen LogP contribution in [0.2, 0.25) is 0 Å². The minimum Gasteiger partial charge on any atom is -0.299 e. The lowest BCUT2D eigenvalue weighted by Gasteiger charge is -2.07. The van der Waals surface area contributed by atoms with Gasteiger partial charge in [0.05, 0.1) is 10.4 Å². The van der Waals surface area contributed by atoms with Crippen molar-refractivity contribution in [2.45, 2.75) is 12.8 Å². The van der Waals surface area contributed by atoms with Gasteiger partial charge in [-0.25, -0.2) is 4.39 Å². The highest BCUT2D eigenvalue weighted by molar-refractivity contribution is 9.10. The molecule has 1 aliphatic carbocycles. The molecule has 14 heavy (non-hydrogen) atoms. The molecule has 0 N–H and O–H groups in total. The lowest BCUT2D eigenvalue weighted by molar-refractivity contribution is -0.117. The van der Waals surface area contributed by atoms with Crippen LogP contribution in [-0.2, 0) is 4.79 Å². The van der Waals surface area contributed by atoms with E-state index in [1.807, 2.05) is 6.08 Å². The van der Waals surface area contributed by atoms with Gasteiger partial charge in [0, 0.05) is 0 Å². The molecule has 0 heterocycles. The molecular formula is C11H8BrFO. The summed E-state index contributed by atoms with van der Waals surface area (Å²) in [6, 6.07) is 3.12. The molecule has 0 fully saturated rings. The summed E-state index contributed by atoms with van der Waals surface area (Å²) in [5, 5.41) is 0. The highest BCUT2D eigenvalue weighted by Crippen LogP contribution is 2.33. The summed E-state index contributed by atoms with van der Waals surface area (Å²) in [5.74, 6) is -0.548. The summed E-state index contributed by atoms with van der Waals surface area (Å²) in [5.41, 5.74) is 1.68. The van der Waals surface area contributed by atoms with Gasteiger partial charge in [0.2, 0.25) is 0 Å². The van der Waals surface area contributed by atoms with E-state index in [0.717, 1.165) is 11.1 Å². The number of allylic oxidation sites excluding steroid dienone is 1. The third kappa shape index (κ3) is 1.42. The fraction of sp³-hybridized carbons (Fsp3) is 0.182. The van der Waals surface area contributed by atoms with E-state index in [-0.39, 0.29) is 17.5 Å². The molecule has 1 aliphatic rings. The average Bonchev–Trinajstić information content (AvgIpc) is 2.48. The summed E-state index contributed by atoms with van der Waals surface area (Å²) in [4.78, 5) is 11.2. The molecule has 0 amide bonds. The molecule has 0 bridgehead atoms. The first kappa shape index (κ1) is 9.59. The SMILES string of the molecule is CC(=O)C1C=Cc2cc(Br)c(F)cc21. The van der Waals surface area contributed by atoms with Crippen LogP contribution in [0.5, 0.6) is 0 Å². The molecule has 3 heteroatoms. The van der Waals surface area contributed by atoms with Gasteiger partial charge in [-0.1, -0.05) is 12.2 Å². The number of Topliss-reactive ketones (excluding diaryl/α,β-unsaturated/α-hetero) is 1. The summed E-state index contributed by atoms with van der Waals surface area (Å²) in [7, 11) is 0. The molecule has 0 radical (unpaired) electrons. The molecule has 2 rings (SSSR count). The Morgan fingerprint density at radius 1 is 1.50 bits per heavy atom. The summed E-state index contributed by atoms with van der Waals surface area (Å²) < 4.78 is 13.7. The van der Waals surface area contributed by atoms with Crippen LogP contribution in [0.15, 0.2) is 22.7 Å². The molecule has 72 valence electrons. The van der Waals surface area contributed by atoms with Crippen LogP contribution in [0.1, 0.15) is 24.0 Å². The van der Waals surface area contributed by atoms with E-state index in [9.17, 15) is 9.18 Å². The molecule has 0 spiro atoms. The minimum absolute atomic E-state index is 0.0433. The van der Waals surface area contributed by atoms with Crippen molar-refractivity contribution in [2.24, 2.45) is 0 Å². The minimum atomic E-state index is -0.321. The number of halogens is 2. The van der Waals surface area contributed by atoms with Crippen molar-refractivity contribution in [3.8, 4) is 0 Å². The zero-order valence-electron chi connectivity index (χ0n) is 7.55. The molecule has 0 saturated carbocycles. The maximum atomic E-state index is 13.2. The summed E-state index contributed by atoms with van der Waals surface area (Å²) >= 11 is 3.11. The predicted octanol–water partition coefficient (Wildman–Crippen LogP) is 3.29. The first-order chi connectivity index (χ1) is 6.59. The smallest absolute Gasteiger partial charge is 0.141 e. The molecule has 1 atom stereocenters. The van der Waals surface area contributed by atoms with Crippen molar-refractivity contribution in [1.29, 1.82) is 0 Å². The van der Waals surface area contributed by atoms with E-state index in [4.69, 9.17) is 0 Å². The largest absolute Gasteiger partial charge is 0.299 e. The van der Waals surface area contributed by atoms with Crippen molar-refractivity contribution in [2.75, 3.05) is 0 Å². The zero-order valence-corrected chi connectivity index (χ0v) is 9.14. The molecular weight excluding hydrogens is 247 g/mol. The van der Waals surface area contributed by atoms with E-state index < -0.39 is 0 Å². The van der Waals surface area contributed by atoms with Gasteiger partial charge in [-0.3, -0.25) is 4.79 Å². The van der Waals surface area contributed by atoms with Crippen LogP contribution in [0.4, 0.5) is 4.39 Å². The van der Waals surface area contributed by atoms with Gasteiger partial charge in [-0.05, 0) is 46.1 Å². The van der Waals surface area contributed by atoms with Crippen molar-refractivity contribution < 1.29 is 9.18 Å². The van der Waals surface area contributed by atoms with Crippen LogP contribution < -0.4 is 0 Å². The molecule has 1 unspecified atom stereocenters. The Bertz CT molecular complexity index is 437. The van der Waals surface area contributed by atoms with Gasteiger partial charge in [0.25, 0.3) is 0 Å². The Labute approximate surface area is 89.8 Å². The van der Waals surface area contributed by atoms with Gasteiger partial charge >= 0.3 is 0 Å². The maximum absolute atomic E-state index is 13.2. The average molecular weight is 255 g/mol. The molecule has 1 aromatic carbocycles. The number of carbonyl (C=O) groups is 1. The van der Waals surface area contributed by atoms with Gasteiger partial charge in [-0.2, -0.15) is 0 Å². The lowest BCUT2D eigenvalue weighted by Crippen LogP contribution is -2.04. The Hall–Kier alpha value is -0.960. The number of hydrogen-bond acceptors (Lipinski definition) is 1. The fourth-order valence-corrected chi connectivity index (χ4v) is 2.01. The van der Waals surface area contributed by atoms with Crippen LogP contribution >= 0.6 is 15.9 Å². The number of benzene rings is 1. The number of rotatable bonds is 1. The second-order valence-electron chi connectivity index (χ2n) is 3.34. The molecule has 0 aliphatic heterocycles. The van der Waals surface area contributed by atoms with Crippen molar-refractivity contribution in [1.82, 2.24) is 0 Å². The second kappa shape index (κ2) is 3.31. The molecule has 1 nitrogen and oxygen atoms in total. The zero-order chi connectivity index (χ0) is 10.3. The Kier molecular flexibility index (Phi) is 2.27. The van der Waals surface area contributed by atoms with Crippen LogP contribution in [-0.4, -0.2) is 5.78 Å². The third-order valence-electron chi connectivity index (χ3n) is 2.37. The topological polar surface area (TPSA) is 17.1 Å². The fourth-order valence-electron chi connectivity index (χ4n) is 1.65. The summed E-state index contributed by atoms with van der Waals surface area (Å²) in [6.07, 6.45) is 3.66. The van der Waals surface area contributed by atoms with Gasteiger partial charge in [0.1, 0.15) is 11.6 Å². The Morgan fingerprint density at radius 3 is 2.86 bits per heavy atom. The number of carbonyl (C=O) groups excluding carboxylic acids is 1. The monoisotopic (exact) mass is 254 g/mol. The Morgan fingerprint density at radius 2 is 2.21 bits per heavy atom. The highest BCUT2D eigenvalue weighted by atomic mass is 79.9. The van der Waals surface area contributed by atoms with Gasteiger partial charge in [-0.15, -0.1) is 0 Å². The van der Waals surface area contributed by atoms with Gasteiger partial charge in [0.15, 0.2) is 0 Å². The molecule has 0 saturated heterocycles. The second-order valence-corrected chi connectivity index (χ2v) is 4.20. The predicted molar refractivity (Wildman–Crippen MR) is 56.6 cm³/mol. The first-order valence-electron chi connectivity index (χ1n) is 4.27. The highest BCUT2D eigenvalue weighted by Gasteiger charge is 2.22. The number of ketones is 1. The normalized spacial score (nSPS) is 18.4. The number of fused-ring (bicyclic) bond motifs is 1. The van der Waals surface area contributed by atoms with Crippen LogP contribution in [0.25, 0.3) is 6.08 Å². The quantitative estimate of drug-likeness (QED) is 0.752. The van der Waals surface area contributed by atoms with E-state index in [1.165, 1.54) is 13.0 Å². The summed E-state index contributed by atoms with van der Waals surface area (Å²) in [6.45, 7) is 1.52. The first-order valence-corrected chi connectivity index (χ1v) is 5.06. The lowest BCUT2D eigenvalue weighted by atomic mass is 9.97. The van der Waals surface area contributed by atoms with E-state index in [1.54, 1.807) is 12.1 Å². The third-order valence-corrected chi connectivity index (χ3v) is 2.97.